The van der Waals surface area contributed by atoms with Crippen molar-refractivity contribution in [3.63, 3.8) is 0 Å². The molecule has 0 aromatic heterocycles. The lowest BCUT2D eigenvalue weighted by Gasteiger charge is -2.35. The van der Waals surface area contributed by atoms with Crippen LogP contribution in [-0.2, 0) is 36.0 Å². The van der Waals surface area contributed by atoms with Crippen LogP contribution < -0.4 is 9.80 Å². The van der Waals surface area contributed by atoms with E-state index in [1.807, 2.05) is 84.9 Å². The van der Waals surface area contributed by atoms with Crippen LogP contribution in [0.1, 0.15) is 66.8 Å². The summed E-state index contributed by atoms with van der Waals surface area (Å²) >= 11 is 0. The summed E-state index contributed by atoms with van der Waals surface area (Å²) in [6.45, 7) is 7.92. The van der Waals surface area contributed by atoms with E-state index in [2.05, 4.69) is 181 Å². The van der Waals surface area contributed by atoms with Gasteiger partial charge in [0.2, 0.25) is 0 Å². The lowest BCUT2D eigenvalue weighted by atomic mass is 9.68. The summed E-state index contributed by atoms with van der Waals surface area (Å²) in [6.07, 6.45) is -4.41. The maximum absolute atomic E-state index is 14.2. The van der Waals surface area contributed by atoms with Crippen molar-refractivity contribution in [2.24, 2.45) is 0 Å². The van der Waals surface area contributed by atoms with E-state index in [-0.39, 0.29) is 0 Å². The maximum Gasteiger partial charge on any atom is 0.416 e. The number of alkyl halides is 6. The Morgan fingerprint density at radius 3 is 0.956 bits per heavy atom. The molecule has 12 aromatic carbocycles. The summed E-state index contributed by atoms with van der Waals surface area (Å²) in [7, 11) is 0. The van der Waals surface area contributed by atoms with Gasteiger partial charge in [-0.3, -0.25) is 0 Å². The van der Waals surface area contributed by atoms with E-state index in [0.29, 0.717) is 12.8 Å². The van der Waals surface area contributed by atoms with Crippen LogP contribution in [0.2, 0.25) is 0 Å². The van der Waals surface area contributed by atoms with E-state index >= 15 is 0 Å². The van der Waals surface area contributed by atoms with E-state index < -0.39 is 34.3 Å². The molecule has 2 aliphatic rings. The van der Waals surface area contributed by atoms with Crippen LogP contribution in [0.4, 0.5) is 60.5 Å². The standard InChI is InChI=1S/C82H58F6N2/c1-3-55-23-27-57(28-24-55)53-79(61-35-39-63(40-36-61)81(83,84)85)75-21-13-11-19-71(75)73-49-47-69(51-77(73)79)89(65-15-7-5-8-16-65)67-43-31-59(32-44-67)60-33-45-68(46-34-60)90(66-17-9-6-10-18-66)70-48-50-74-72-20-12-14-22-76(72)80(78(74)52-70,54-58-29-25-56(4-2)26-30-58)62-37-41-64(42-38-62)82(86,87)88/h3-52H,1-2,53-54H2. The molecule has 0 radical (unpaired) electrons. The number of benzene rings is 12. The molecule has 0 fully saturated rings. The van der Waals surface area contributed by atoms with Crippen molar-refractivity contribution < 1.29 is 26.3 Å². The van der Waals surface area contributed by atoms with E-state index in [1.165, 1.54) is 24.3 Å². The second-order valence-corrected chi connectivity index (χ2v) is 23.2. The second-order valence-electron chi connectivity index (χ2n) is 23.2. The Bertz CT molecular complexity index is 4320. The highest BCUT2D eigenvalue weighted by atomic mass is 19.4. The molecule has 12 aromatic rings. The second kappa shape index (κ2) is 22.8. The molecule has 438 valence electrons. The Hall–Kier alpha value is -10.7. The average Bonchev–Trinajstić information content (AvgIpc) is 1.66. The van der Waals surface area contributed by atoms with Crippen molar-refractivity contribution >= 4 is 46.3 Å². The van der Waals surface area contributed by atoms with E-state index in [0.717, 1.165) is 123 Å². The molecular weight excluding hydrogens is 1130 g/mol. The fourth-order valence-corrected chi connectivity index (χ4v) is 13.9. The number of fused-ring (bicyclic) bond motifs is 6. The minimum absolute atomic E-state index is 0.492. The summed E-state index contributed by atoms with van der Waals surface area (Å²) < 4.78 is 85.3. The number of hydrogen-bond donors (Lipinski definition) is 0. The van der Waals surface area contributed by atoms with Crippen LogP contribution >= 0.6 is 0 Å². The lowest BCUT2D eigenvalue weighted by Crippen LogP contribution is -2.30. The molecule has 2 unspecified atom stereocenters. The molecule has 0 saturated heterocycles. The average molecular weight is 1190 g/mol. The van der Waals surface area contributed by atoms with Crippen LogP contribution in [-0.4, -0.2) is 0 Å². The van der Waals surface area contributed by atoms with Gasteiger partial charge in [-0.1, -0.05) is 219 Å². The molecule has 0 bridgehead atoms. The molecule has 90 heavy (non-hydrogen) atoms. The van der Waals surface area contributed by atoms with Crippen LogP contribution in [0.5, 0.6) is 0 Å². The molecule has 2 nitrogen and oxygen atoms in total. The van der Waals surface area contributed by atoms with E-state index in [4.69, 9.17) is 0 Å². The Balaban J connectivity index is 0.839. The van der Waals surface area contributed by atoms with Crippen molar-refractivity contribution in [2.45, 2.75) is 36.0 Å². The summed E-state index contributed by atoms with van der Waals surface area (Å²) in [5, 5.41) is 0. The molecule has 14 rings (SSSR count). The number of halogens is 6. The molecule has 0 aliphatic heterocycles. The smallest absolute Gasteiger partial charge is 0.310 e. The van der Waals surface area contributed by atoms with Gasteiger partial charge >= 0.3 is 12.4 Å². The first-order valence-corrected chi connectivity index (χ1v) is 29.9. The first-order chi connectivity index (χ1) is 43.7. The van der Waals surface area contributed by atoms with Crippen LogP contribution in [0, 0.1) is 0 Å². The molecular formula is C82H58F6N2. The minimum atomic E-state index is -4.50. The number of anilines is 6. The van der Waals surface area contributed by atoms with Gasteiger partial charge in [0, 0.05) is 34.1 Å². The summed E-state index contributed by atoms with van der Waals surface area (Å²) in [5.74, 6) is 0. The molecule has 0 spiro atoms. The van der Waals surface area contributed by atoms with Gasteiger partial charge in [0.1, 0.15) is 0 Å². The summed E-state index contributed by atoms with van der Waals surface area (Å²) in [6, 6.07) is 94.7. The lowest BCUT2D eigenvalue weighted by molar-refractivity contribution is -0.138. The molecule has 8 heteroatoms. The highest BCUT2D eigenvalue weighted by molar-refractivity contribution is 5.90. The first kappa shape index (κ1) is 57.1. The SMILES string of the molecule is C=Cc1ccc(CC2(c3ccc(C(F)(F)F)cc3)c3ccccc3-c3ccc(N(c4ccccc4)c4ccc(-c5ccc(N(c6ccccc6)c6ccc7c(c6)C(Cc6ccc(C=C)cc6)(c6ccc(C(F)(F)F)cc6)c6ccccc6-7)cc5)cc4)cc32)cc1. The fraction of sp³-hybridized carbons (Fsp3) is 0.0732. The third kappa shape index (κ3) is 10.1. The van der Waals surface area contributed by atoms with E-state index in [9.17, 15) is 26.3 Å². The van der Waals surface area contributed by atoms with Crippen molar-refractivity contribution in [1.29, 1.82) is 0 Å². The monoisotopic (exact) mass is 1180 g/mol. The van der Waals surface area contributed by atoms with Crippen LogP contribution in [0.25, 0.3) is 45.5 Å². The maximum atomic E-state index is 14.2. The summed E-state index contributed by atoms with van der Waals surface area (Å²) in [5.41, 5.74) is 18.0. The zero-order valence-corrected chi connectivity index (χ0v) is 48.9. The number of nitrogens with zero attached hydrogens (tertiary/aromatic N) is 2. The van der Waals surface area contributed by atoms with Gasteiger partial charge in [0.15, 0.2) is 0 Å². The Morgan fingerprint density at radius 1 is 0.300 bits per heavy atom. The Labute approximate surface area is 520 Å². The van der Waals surface area contributed by atoms with Gasteiger partial charge in [-0.25, -0.2) is 0 Å². The van der Waals surface area contributed by atoms with Crippen LogP contribution in [0.3, 0.4) is 0 Å². The highest BCUT2D eigenvalue weighted by Crippen LogP contribution is 2.58. The predicted molar refractivity (Wildman–Crippen MR) is 355 cm³/mol. The van der Waals surface area contributed by atoms with Crippen LogP contribution in [0.15, 0.2) is 304 Å². The Kier molecular flexibility index (Phi) is 14.4. The molecule has 0 saturated carbocycles. The molecule has 0 N–H and O–H groups in total. The highest BCUT2D eigenvalue weighted by Gasteiger charge is 2.47. The zero-order chi connectivity index (χ0) is 61.8. The van der Waals surface area contributed by atoms with Crippen molar-refractivity contribution in [1.82, 2.24) is 0 Å². The molecule has 0 heterocycles. The topological polar surface area (TPSA) is 6.48 Å². The normalized spacial score (nSPS) is 15.5. The van der Waals surface area contributed by atoms with Crippen molar-refractivity contribution in [3.05, 3.63) is 371 Å². The molecule has 2 atom stereocenters. The fourth-order valence-electron chi connectivity index (χ4n) is 13.9. The van der Waals surface area contributed by atoms with Gasteiger partial charge in [-0.15, -0.1) is 0 Å². The third-order valence-corrected chi connectivity index (χ3v) is 18.2. The van der Waals surface area contributed by atoms with Crippen molar-refractivity contribution in [3.8, 4) is 33.4 Å². The third-order valence-electron chi connectivity index (χ3n) is 18.2. The van der Waals surface area contributed by atoms with Gasteiger partial charge in [-0.2, -0.15) is 26.3 Å². The number of para-hydroxylation sites is 2. The van der Waals surface area contributed by atoms with Gasteiger partial charge in [0.25, 0.3) is 0 Å². The van der Waals surface area contributed by atoms with Crippen molar-refractivity contribution in [2.75, 3.05) is 9.80 Å². The predicted octanol–water partition coefficient (Wildman–Crippen LogP) is 22.7. The summed E-state index contributed by atoms with van der Waals surface area (Å²) in [4.78, 5) is 4.45. The Morgan fingerprint density at radius 2 is 0.611 bits per heavy atom. The minimum Gasteiger partial charge on any atom is -0.310 e. The zero-order valence-electron chi connectivity index (χ0n) is 48.9. The van der Waals surface area contributed by atoms with Gasteiger partial charge in [-0.05, 0) is 199 Å². The van der Waals surface area contributed by atoms with E-state index in [1.54, 1.807) is 36.4 Å². The largest absolute Gasteiger partial charge is 0.416 e. The van der Waals surface area contributed by atoms with Gasteiger partial charge < -0.3 is 9.80 Å². The first-order valence-electron chi connectivity index (χ1n) is 29.9. The number of hydrogen-bond acceptors (Lipinski definition) is 2. The molecule has 0 amide bonds. The quantitative estimate of drug-likeness (QED) is 0.0944. The number of rotatable bonds is 15. The van der Waals surface area contributed by atoms with Gasteiger partial charge in [0.05, 0.1) is 22.0 Å². The molecule has 2 aliphatic carbocycles.